The number of para-hydroxylation sites is 1. The lowest BCUT2D eigenvalue weighted by atomic mass is 10.2. The molecule has 0 saturated heterocycles. The van der Waals surface area contributed by atoms with Crippen LogP contribution in [0.4, 0.5) is 5.69 Å². The molecule has 0 bridgehead atoms. The summed E-state index contributed by atoms with van der Waals surface area (Å²) >= 11 is 1.56. The van der Waals surface area contributed by atoms with Gasteiger partial charge in [-0.2, -0.15) is 0 Å². The SMILES string of the molecule is CSc1ccc(C(=O)O[C@@H](C)C(=O)Nc2c(C)n(C)n(-c3ccccc3)c2=O)cc1. The van der Waals surface area contributed by atoms with Gasteiger partial charge in [0, 0.05) is 11.9 Å². The normalized spacial score (nSPS) is 11.7. The van der Waals surface area contributed by atoms with Gasteiger partial charge in [0.1, 0.15) is 5.69 Å². The van der Waals surface area contributed by atoms with E-state index in [4.69, 9.17) is 4.74 Å². The first-order chi connectivity index (χ1) is 14.3. The minimum absolute atomic E-state index is 0.151. The first-order valence-electron chi connectivity index (χ1n) is 9.33. The summed E-state index contributed by atoms with van der Waals surface area (Å²) in [5.74, 6) is -1.17. The van der Waals surface area contributed by atoms with Crippen molar-refractivity contribution in [3.63, 3.8) is 0 Å². The second-order valence-corrected chi connectivity index (χ2v) is 7.58. The maximum absolute atomic E-state index is 12.9. The lowest BCUT2D eigenvalue weighted by molar-refractivity contribution is -0.123. The standard InChI is InChI=1S/C22H23N3O4S/c1-14-19(21(27)25(24(14)3)17-8-6-5-7-9-17)23-20(26)15(2)29-22(28)16-10-12-18(30-4)13-11-16/h5-13,15H,1-4H3,(H,23,26)/t15-/m0/s1. The Kier molecular flexibility index (Phi) is 6.47. The molecule has 0 radical (unpaired) electrons. The first-order valence-corrected chi connectivity index (χ1v) is 10.6. The number of hydrogen-bond acceptors (Lipinski definition) is 5. The van der Waals surface area contributed by atoms with E-state index in [1.165, 1.54) is 11.6 Å². The van der Waals surface area contributed by atoms with Crippen molar-refractivity contribution < 1.29 is 14.3 Å². The maximum atomic E-state index is 12.9. The van der Waals surface area contributed by atoms with E-state index in [0.717, 1.165) is 4.90 Å². The molecule has 0 fully saturated rings. The van der Waals surface area contributed by atoms with Crippen molar-refractivity contribution in [3.05, 3.63) is 76.2 Å². The number of thioether (sulfide) groups is 1. The van der Waals surface area contributed by atoms with Crippen molar-refractivity contribution in [3.8, 4) is 5.69 Å². The Morgan fingerprint density at radius 1 is 1.07 bits per heavy atom. The van der Waals surface area contributed by atoms with Gasteiger partial charge in [0.25, 0.3) is 11.5 Å². The molecule has 0 unspecified atom stereocenters. The summed E-state index contributed by atoms with van der Waals surface area (Å²) in [4.78, 5) is 38.8. The number of aromatic nitrogens is 2. The summed E-state index contributed by atoms with van der Waals surface area (Å²) in [6, 6.07) is 16.1. The number of rotatable bonds is 6. The number of esters is 1. The molecule has 7 nitrogen and oxygen atoms in total. The van der Waals surface area contributed by atoms with Gasteiger partial charge in [-0.05, 0) is 56.5 Å². The molecule has 2 aromatic carbocycles. The third kappa shape index (κ3) is 4.33. The van der Waals surface area contributed by atoms with Crippen LogP contribution in [-0.4, -0.2) is 33.6 Å². The van der Waals surface area contributed by atoms with Gasteiger partial charge in [0.05, 0.1) is 16.9 Å². The van der Waals surface area contributed by atoms with Crippen LogP contribution >= 0.6 is 11.8 Å². The van der Waals surface area contributed by atoms with E-state index < -0.39 is 18.0 Å². The largest absolute Gasteiger partial charge is 0.449 e. The molecule has 1 N–H and O–H groups in total. The number of amides is 1. The number of carbonyl (C=O) groups excluding carboxylic acids is 2. The molecule has 1 aromatic heterocycles. The van der Waals surface area contributed by atoms with E-state index in [-0.39, 0.29) is 11.2 Å². The van der Waals surface area contributed by atoms with Crippen molar-refractivity contribution in [1.29, 1.82) is 0 Å². The Balaban J connectivity index is 1.75. The summed E-state index contributed by atoms with van der Waals surface area (Å²) in [5, 5.41) is 2.61. The Morgan fingerprint density at radius 3 is 2.30 bits per heavy atom. The van der Waals surface area contributed by atoms with E-state index in [2.05, 4.69) is 5.32 Å². The van der Waals surface area contributed by atoms with Crippen LogP contribution in [-0.2, 0) is 16.6 Å². The van der Waals surface area contributed by atoms with E-state index in [1.54, 1.807) is 54.7 Å². The number of anilines is 1. The number of benzene rings is 2. The molecule has 0 saturated carbocycles. The zero-order chi connectivity index (χ0) is 21.8. The zero-order valence-electron chi connectivity index (χ0n) is 17.2. The number of nitrogens with zero attached hydrogens (tertiary/aromatic N) is 2. The Morgan fingerprint density at radius 2 is 1.70 bits per heavy atom. The molecule has 8 heteroatoms. The Labute approximate surface area is 178 Å². The highest BCUT2D eigenvalue weighted by molar-refractivity contribution is 7.98. The topological polar surface area (TPSA) is 82.3 Å². The second kappa shape index (κ2) is 9.04. The highest BCUT2D eigenvalue weighted by Gasteiger charge is 2.23. The van der Waals surface area contributed by atoms with Crippen molar-refractivity contribution in [1.82, 2.24) is 9.36 Å². The van der Waals surface area contributed by atoms with Crippen LogP contribution in [0.3, 0.4) is 0 Å². The molecule has 156 valence electrons. The smallest absolute Gasteiger partial charge is 0.338 e. The molecular formula is C22H23N3O4S. The summed E-state index contributed by atoms with van der Waals surface area (Å²) < 4.78 is 8.40. The fraction of sp³-hybridized carbons (Fsp3) is 0.227. The highest BCUT2D eigenvalue weighted by Crippen LogP contribution is 2.17. The summed E-state index contributed by atoms with van der Waals surface area (Å²) in [6.45, 7) is 3.21. The van der Waals surface area contributed by atoms with Crippen molar-refractivity contribution in [2.45, 2.75) is 24.8 Å². The fourth-order valence-corrected chi connectivity index (χ4v) is 3.35. The second-order valence-electron chi connectivity index (χ2n) is 6.70. The van der Waals surface area contributed by atoms with Crippen LogP contribution in [0.25, 0.3) is 5.69 Å². The van der Waals surface area contributed by atoms with Gasteiger partial charge in [-0.25, -0.2) is 9.48 Å². The van der Waals surface area contributed by atoms with Crippen molar-refractivity contribution in [2.75, 3.05) is 11.6 Å². The predicted molar refractivity (Wildman–Crippen MR) is 117 cm³/mol. The molecule has 1 atom stereocenters. The van der Waals surface area contributed by atoms with E-state index in [0.29, 0.717) is 16.9 Å². The number of hydrogen-bond donors (Lipinski definition) is 1. The lowest BCUT2D eigenvalue weighted by Gasteiger charge is -2.13. The number of nitrogens with one attached hydrogen (secondary N) is 1. The van der Waals surface area contributed by atoms with Gasteiger partial charge in [-0.1, -0.05) is 18.2 Å². The van der Waals surface area contributed by atoms with Crippen LogP contribution in [0.2, 0.25) is 0 Å². The third-order valence-corrected chi connectivity index (χ3v) is 5.52. The lowest BCUT2D eigenvalue weighted by Crippen LogP contribution is -2.32. The Hall–Kier alpha value is -3.26. The van der Waals surface area contributed by atoms with Crippen molar-refractivity contribution >= 4 is 29.3 Å². The number of carbonyl (C=O) groups is 2. The summed E-state index contributed by atoms with van der Waals surface area (Å²) in [6.07, 6.45) is 0.874. The molecular weight excluding hydrogens is 402 g/mol. The zero-order valence-corrected chi connectivity index (χ0v) is 18.0. The molecule has 0 spiro atoms. The average molecular weight is 426 g/mol. The van der Waals surface area contributed by atoms with Crippen LogP contribution in [0.1, 0.15) is 23.0 Å². The van der Waals surface area contributed by atoms with Crippen LogP contribution in [0.5, 0.6) is 0 Å². The molecule has 0 aliphatic carbocycles. The molecule has 30 heavy (non-hydrogen) atoms. The first kappa shape index (κ1) is 21.4. The predicted octanol–water partition coefficient (Wildman–Crippen LogP) is 3.39. The average Bonchev–Trinajstić information content (AvgIpc) is 2.97. The van der Waals surface area contributed by atoms with Gasteiger partial charge < -0.3 is 10.1 Å². The van der Waals surface area contributed by atoms with E-state index >= 15 is 0 Å². The van der Waals surface area contributed by atoms with Gasteiger partial charge >= 0.3 is 5.97 Å². The summed E-state index contributed by atoms with van der Waals surface area (Å²) in [7, 11) is 1.74. The summed E-state index contributed by atoms with van der Waals surface area (Å²) in [5.41, 5.74) is 1.42. The minimum Gasteiger partial charge on any atom is -0.449 e. The minimum atomic E-state index is -1.07. The quantitative estimate of drug-likeness (QED) is 0.484. The van der Waals surface area contributed by atoms with Crippen LogP contribution < -0.4 is 10.9 Å². The molecule has 0 aliphatic rings. The van der Waals surface area contributed by atoms with Crippen LogP contribution in [0, 0.1) is 6.92 Å². The van der Waals surface area contributed by atoms with Gasteiger partial charge in [0.15, 0.2) is 6.10 Å². The molecule has 3 rings (SSSR count). The van der Waals surface area contributed by atoms with Gasteiger partial charge in [-0.3, -0.25) is 14.3 Å². The van der Waals surface area contributed by atoms with Crippen LogP contribution in [0.15, 0.2) is 64.3 Å². The van der Waals surface area contributed by atoms with E-state index in [9.17, 15) is 14.4 Å². The molecule has 3 aromatic rings. The fourth-order valence-electron chi connectivity index (χ4n) is 2.95. The molecule has 1 amide bonds. The maximum Gasteiger partial charge on any atom is 0.338 e. The molecule has 1 heterocycles. The van der Waals surface area contributed by atoms with E-state index in [1.807, 2.05) is 36.6 Å². The monoisotopic (exact) mass is 425 g/mol. The third-order valence-electron chi connectivity index (χ3n) is 4.78. The molecule has 0 aliphatic heterocycles. The number of ether oxygens (including phenoxy) is 1. The Bertz CT molecular complexity index is 1120. The van der Waals surface area contributed by atoms with Crippen molar-refractivity contribution in [2.24, 2.45) is 7.05 Å². The van der Waals surface area contributed by atoms with Gasteiger partial charge in [-0.15, -0.1) is 11.8 Å². The van der Waals surface area contributed by atoms with Gasteiger partial charge in [0.2, 0.25) is 0 Å². The highest BCUT2D eigenvalue weighted by atomic mass is 32.2.